The van der Waals surface area contributed by atoms with Crippen LogP contribution in [0.15, 0.2) is 36.8 Å². The second kappa shape index (κ2) is 5.21. The van der Waals surface area contributed by atoms with E-state index in [0.717, 1.165) is 22.4 Å². The minimum atomic E-state index is 0.665. The number of fused-ring (bicyclic) bond motifs is 1. The molecule has 0 saturated carbocycles. The average molecular weight is 278 g/mol. The molecule has 2 heterocycles. The number of aryl methyl sites for hydroxylation is 1. The van der Waals surface area contributed by atoms with Crippen LogP contribution < -0.4 is 4.90 Å². The van der Waals surface area contributed by atoms with E-state index < -0.39 is 0 Å². The molecule has 0 bridgehead atoms. The normalized spacial score (nSPS) is 10.5. The van der Waals surface area contributed by atoms with Gasteiger partial charge in [-0.15, -0.1) is 0 Å². The van der Waals surface area contributed by atoms with Gasteiger partial charge in [0.1, 0.15) is 12.1 Å². The van der Waals surface area contributed by atoms with Crippen molar-refractivity contribution < 1.29 is 0 Å². The number of hydrogen-bond donors (Lipinski definition) is 0. The van der Waals surface area contributed by atoms with Crippen LogP contribution in [0.5, 0.6) is 0 Å². The first kappa shape index (κ1) is 13.1. The number of benzene rings is 1. The zero-order valence-corrected chi connectivity index (χ0v) is 11.9. The van der Waals surface area contributed by atoms with Crippen molar-refractivity contribution in [2.75, 3.05) is 11.9 Å². The standard InChI is InChI=1S/C15H14N6/c1-20(9-12-5-3-11(7-16)4-6-12)14-13-8-19-21(2)15(13)18-10-17-14/h3-6,8,10H,9H2,1-2H3. The van der Waals surface area contributed by atoms with Crippen molar-refractivity contribution in [2.45, 2.75) is 6.54 Å². The average Bonchev–Trinajstić information content (AvgIpc) is 2.89. The third-order valence-corrected chi connectivity index (χ3v) is 3.37. The van der Waals surface area contributed by atoms with Crippen LogP contribution in [0.25, 0.3) is 11.0 Å². The third kappa shape index (κ3) is 2.41. The van der Waals surface area contributed by atoms with E-state index in [4.69, 9.17) is 5.26 Å². The molecular weight excluding hydrogens is 264 g/mol. The summed E-state index contributed by atoms with van der Waals surface area (Å²) < 4.78 is 1.73. The van der Waals surface area contributed by atoms with Crippen molar-refractivity contribution in [1.29, 1.82) is 5.26 Å². The van der Waals surface area contributed by atoms with Gasteiger partial charge in [0.25, 0.3) is 0 Å². The van der Waals surface area contributed by atoms with Crippen LogP contribution in [0, 0.1) is 11.3 Å². The van der Waals surface area contributed by atoms with Gasteiger partial charge < -0.3 is 4.90 Å². The maximum Gasteiger partial charge on any atom is 0.163 e. The quantitative estimate of drug-likeness (QED) is 0.731. The predicted molar refractivity (Wildman–Crippen MR) is 79.6 cm³/mol. The van der Waals surface area contributed by atoms with E-state index in [-0.39, 0.29) is 0 Å². The van der Waals surface area contributed by atoms with Gasteiger partial charge in [0.2, 0.25) is 0 Å². The number of rotatable bonds is 3. The van der Waals surface area contributed by atoms with E-state index in [0.29, 0.717) is 12.1 Å². The predicted octanol–water partition coefficient (Wildman–Crippen LogP) is 1.87. The summed E-state index contributed by atoms with van der Waals surface area (Å²) in [5, 5.41) is 14.0. The molecule has 0 radical (unpaired) electrons. The van der Waals surface area contributed by atoms with E-state index in [1.165, 1.54) is 0 Å². The lowest BCUT2D eigenvalue weighted by atomic mass is 10.1. The van der Waals surface area contributed by atoms with Gasteiger partial charge >= 0.3 is 0 Å². The second-order valence-electron chi connectivity index (χ2n) is 4.87. The molecule has 0 atom stereocenters. The van der Waals surface area contributed by atoms with Crippen LogP contribution in [0.3, 0.4) is 0 Å². The van der Waals surface area contributed by atoms with Crippen LogP contribution in [0.1, 0.15) is 11.1 Å². The third-order valence-electron chi connectivity index (χ3n) is 3.37. The number of hydrogen-bond acceptors (Lipinski definition) is 5. The maximum atomic E-state index is 8.82. The van der Waals surface area contributed by atoms with Crippen molar-refractivity contribution in [1.82, 2.24) is 19.7 Å². The molecule has 0 saturated heterocycles. The smallest absolute Gasteiger partial charge is 0.163 e. The molecule has 6 nitrogen and oxygen atoms in total. The van der Waals surface area contributed by atoms with E-state index in [9.17, 15) is 0 Å². The fourth-order valence-electron chi connectivity index (χ4n) is 2.29. The highest BCUT2D eigenvalue weighted by Gasteiger charge is 2.11. The summed E-state index contributed by atoms with van der Waals surface area (Å²) in [6, 6.07) is 9.68. The molecule has 0 fully saturated rings. The second-order valence-corrected chi connectivity index (χ2v) is 4.87. The van der Waals surface area contributed by atoms with Gasteiger partial charge in [-0.1, -0.05) is 12.1 Å². The van der Waals surface area contributed by atoms with Crippen LogP contribution in [-0.4, -0.2) is 26.8 Å². The molecule has 1 aromatic carbocycles. The summed E-state index contributed by atoms with van der Waals surface area (Å²) in [5.74, 6) is 0.845. The Labute approximate surface area is 122 Å². The Morgan fingerprint density at radius 2 is 2.00 bits per heavy atom. The molecule has 104 valence electrons. The Bertz CT molecular complexity index is 812. The molecular formula is C15H14N6. The number of nitriles is 1. The fourth-order valence-corrected chi connectivity index (χ4v) is 2.29. The van der Waals surface area contributed by atoms with E-state index >= 15 is 0 Å². The molecule has 0 unspecified atom stereocenters. The highest BCUT2D eigenvalue weighted by molar-refractivity contribution is 5.86. The monoisotopic (exact) mass is 278 g/mol. The summed E-state index contributed by atoms with van der Waals surface area (Å²) in [6.07, 6.45) is 3.33. The molecule has 6 heteroatoms. The lowest BCUT2D eigenvalue weighted by molar-refractivity contribution is 0.785. The molecule has 0 aliphatic heterocycles. The van der Waals surface area contributed by atoms with Crippen LogP contribution >= 0.6 is 0 Å². The van der Waals surface area contributed by atoms with Crippen molar-refractivity contribution in [3.8, 4) is 6.07 Å². The molecule has 0 aliphatic carbocycles. The van der Waals surface area contributed by atoms with Gasteiger partial charge in [-0.25, -0.2) is 9.97 Å². The van der Waals surface area contributed by atoms with Gasteiger partial charge in [-0.05, 0) is 17.7 Å². The Morgan fingerprint density at radius 1 is 1.24 bits per heavy atom. The summed E-state index contributed by atoms with van der Waals surface area (Å²) >= 11 is 0. The molecule has 0 spiro atoms. The van der Waals surface area contributed by atoms with Crippen LogP contribution in [0.4, 0.5) is 5.82 Å². The van der Waals surface area contributed by atoms with Crippen molar-refractivity contribution >= 4 is 16.9 Å². The molecule has 0 amide bonds. The van der Waals surface area contributed by atoms with E-state index in [2.05, 4.69) is 21.1 Å². The summed E-state index contributed by atoms with van der Waals surface area (Å²) in [4.78, 5) is 10.6. The molecule has 0 aliphatic rings. The Kier molecular flexibility index (Phi) is 3.24. The lowest BCUT2D eigenvalue weighted by Crippen LogP contribution is -2.18. The Morgan fingerprint density at radius 3 is 2.71 bits per heavy atom. The van der Waals surface area contributed by atoms with Gasteiger partial charge in [0, 0.05) is 20.6 Å². The van der Waals surface area contributed by atoms with Crippen LogP contribution in [-0.2, 0) is 13.6 Å². The maximum absolute atomic E-state index is 8.82. The molecule has 3 rings (SSSR count). The molecule has 0 N–H and O–H groups in total. The van der Waals surface area contributed by atoms with Gasteiger partial charge in [-0.3, -0.25) is 4.68 Å². The van der Waals surface area contributed by atoms with Gasteiger partial charge in [-0.2, -0.15) is 10.4 Å². The first-order valence-electron chi connectivity index (χ1n) is 6.52. The largest absolute Gasteiger partial charge is 0.355 e. The number of anilines is 1. The topological polar surface area (TPSA) is 70.6 Å². The molecule has 21 heavy (non-hydrogen) atoms. The van der Waals surface area contributed by atoms with Gasteiger partial charge in [0.05, 0.1) is 23.2 Å². The Hall–Kier alpha value is -2.94. The van der Waals surface area contributed by atoms with E-state index in [1.807, 2.05) is 43.3 Å². The fraction of sp³-hybridized carbons (Fsp3) is 0.200. The summed E-state index contributed by atoms with van der Waals surface area (Å²) in [6.45, 7) is 0.701. The van der Waals surface area contributed by atoms with Crippen molar-refractivity contribution in [2.24, 2.45) is 7.05 Å². The highest BCUT2D eigenvalue weighted by Crippen LogP contribution is 2.22. The zero-order chi connectivity index (χ0) is 14.8. The van der Waals surface area contributed by atoms with Gasteiger partial charge in [0.15, 0.2) is 5.65 Å². The first-order valence-corrected chi connectivity index (χ1v) is 6.52. The number of aromatic nitrogens is 4. The molecule has 3 aromatic rings. The minimum Gasteiger partial charge on any atom is -0.355 e. The van der Waals surface area contributed by atoms with Crippen LogP contribution in [0.2, 0.25) is 0 Å². The zero-order valence-electron chi connectivity index (χ0n) is 11.9. The summed E-state index contributed by atoms with van der Waals surface area (Å²) in [7, 11) is 3.84. The number of nitrogens with zero attached hydrogens (tertiary/aromatic N) is 6. The van der Waals surface area contributed by atoms with Crippen molar-refractivity contribution in [3.63, 3.8) is 0 Å². The Balaban J connectivity index is 1.90. The minimum absolute atomic E-state index is 0.665. The van der Waals surface area contributed by atoms with Crippen molar-refractivity contribution in [3.05, 3.63) is 47.9 Å². The highest BCUT2D eigenvalue weighted by atomic mass is 15.3. The lowest BCUT2D eigenvalue weighted by Gasteiger charge is -2.18. The summed E-state index contributed by atoms with van der Waals surface area (Å²) in [5.41, 5.74) is 2.59. The van der Waals surface area contributed by atoms with E-state index in [1.54, 1.807) is 17.2 Å². The first-order chi connectivity index (χ1) is 10.2. The SMILES string of the molecule is CN(Cc1ccc(C#N)cc1)c1ncnc2c1cnn2C. The molecule has 2 aromatic heterocycles.